The number of nitrogens with zero attached hydrogens (tertiary/aromatic N) is 2. The van der Waals surface area contributed by atoms with Crippen LogP contribution in [0.5, 0.6) is 0 Å². The molecule has 1 aromatic rings. The zero-order valence-electron chi connectivity index (χ0n) is 11.0. The topological polar surface area (TPSA) is 59.0 Å². The highest BCUT2D eigenvalue weighted by atomic mass is 16.2. The molecule has 0 spiro atoms. The summed E-state index contributed by atoms with van der Waals surface area (Å²) < 4.78 is 1.95. The number of imidazole rings is 1. The Morgan fingerprint density at radius 3 is 2.76 bits per heavy atom. The molecule has 0 saturated carbocycles. The fourth-order valence-electron chi connectivity index (χ4n) is 1.68. The molecular weight excluding hydrogens is 216 g/mol. The molecule has 0 bridgehead atoms. The molecule has 0 fully saturated rings. The predicted molar refractivity (Wildman–Crippen MR) is 67.6 cm³/mol. The zero-order chi connectivity index (χ0) is 12.9. The number of aromatic nitrogens is 2. The normalized spacial score (nSPS) is 13.4. The lowest BCUT2D eigenvalue weighted by Gasteiger charge is -2.26. The summed E-state index contributed by atoms with van der Waals surface area (Å²) in [6, 6.07) is 0.0784. The molecule has 0 saturated heterocycles. The van der Waals surface area contributed by atoms with Crippen LogP contribution in [0.1, 0.15) is 27.7 Å². The number of hydrogen-bond acceptors (Lipinski definition) is 3. The maximum absolute atomic E-state index is 12.0. The monoisotopic (exact) mass is 238 g/mol. The molecule has 2 N–H and O–H groups in total. The SMILES string of the molecule is CCNC(C)(C)C(=O)NC(C)Cn1ccnc1. The van der Waals surface area contributed by atoms with Crippen molar-refractivity contribution in [2.24, 2.45) is 0 Å². The van der Waals surface area contributed by atoms with Gasteiger partial charge in [0.05, 0.1) is 11.9 Å². The maximum Gasteiger partial charge on any atom is 0.239 e. The zero-order valence-corrected chi connectivity index (χ0v) is 11.0. The third-order valence-corrected chi connectivity index (χ3v) is 2.61. The summed E-state index contributed by atoms with van der Waals surface area (Å²) in [5, 5.41) is 6.15. The number of carbonyl (C=O) groups is 1. The third kappa shape index (κ3) is 4.19. The molecule has 17 heavy (non-hydrogen) atoms. The number of nitrogens with one attached hydrogen (secondary N) is 2. The van der Waals surface area contributed by atoms with Crippen molar-refractivity contribution in [1.29, 1.82) is 0 Å². The minimum atomic E-state index is -0.530. The second-order valence-electron chi connectivity index (χ2n) is 4.79. The van der Waals surface area contributed by atoms with E-state index in [1.54, 1.807) is 12.5 Å². The van der Waals surface area contributed by atoms with Crippen molar-refractivity contribution < 1.29 is 4.79 Å². The van der Waals surface area contributed by atoms with Crippen LogP contribution in [0.2, 0.25) is 0 Å². The van der Waals surface area contributed by atoms with Gasteiger partial charge in [-0.2, -0.15) is 0 Å². The summed E-state index contributed by atoms with van der Waals surface area (Å²) in [6.07, 6.45) is 5.37. The van der Waals surface area contributed by atoms with Crippen LogP contribution >= 0.6 is 0 Å². The van der Waals surface area contributed by atoms with Crippen molar-refractivity contribution in [3.05, 3.63) is 18.7 Å². The Labute approximate surface area is 103 Å². The van der Waals surface area contributed by atoms with Gasteiger partial charge < -0.3 is 15.2 Å². The van der Waals surface area contributed by atoms with Crippen molar-refractivity contribution in [3.8, 4) is 0 Å². The summed E-state index contributed by atoms with van der Waals surface area (Å²) in [7, 11) is 0. The van der Waals surface area contributed by atoms with E-state index in [4.69, 9.17) is 0 Å². The number of hydrogen-bond donors (Lipinski definition) is 2. The Kier molecular flexibility index (Phi) is 4.69. The quantitative estimate of drug-likeness (QED) is 0.770. The van der Waals surface area contributed by atoms with Crippen molar-refractivity contribution >= 4 is 5.91 Å². The van der Waals surface area contributed by atoms with Gasteiger partial charge in [-0.1, -0.05) is 6.92 Å². The second kappa shape index (κ2) is 5.82. The van der Waals surface area contributed by atoms with E-state index in [2.05, 4.69) is 15.6 Å². The Hall–Kier alpha value is -1.36. The van der Waals surface area contributed by atoms with Gasteiger partial charge in [-0.15, -0.1) is 0 Å². The van der Waals surface area contributed by atoms with E-state index in [0.717, 1.165) is 13.1 Å². The van der Waals surface area contributed by atoms with Crippen molar-refractivity contribution in [2.75, 3.05) is 6.54 Å². The van der Waals surface area contributed by atoms with Gasteiger partial charge in [0.15, 0.2) is 0 Å². The first-order chi connectivity index (χ1) is 7.95. The molecule has 1 amide bonds. The van der Waals surface area contributed by atoms with Gasteiger partial charge in [0.1, 0.15) is 0 Å². The van der Waals surface area contributed by atoms with Crippen LogP contribution in [-0.2, 0) is 11.3 Å². The molecule has 1 aromatic heterocycles. The van der Waals surface area contributed by atoms with Gasteiger partial charge in [-0.25, -0.2) is 4.98 Å². The molecule has 5 heteroatoms. The largest absolute Gasteiger partial charge is 0.350 e. The average Bonchev–Trinajstić information content (AvgIpc) is 2.69. The van der Waals surface area contributed by atoms with Gasteiger partial charge in [-0.05, 0) is 27.3 Å². The minimum Gasteiger partial charge on any atom is -0.350 e. The van der Waals surface area contributed by atoms with E-state index in [0.29, 0.717) is 0 Å². The highest BCUT2D eigenvalue weighted by molar-refractivity contribution is 5.85. The molecule has 0 aliphatic rings. The second-order valence-corrected chi connectivity index (χ2v) is 4.79. The molecule has 0 aliphatic carbocycles. The van der Waals surface area contributed by atoms with Gasteiger partial charge in [0.2, 0.25) is 5.91 Å². The summed E-state index contributed by atoms with van der Waals surface area (Å²) in [6.45, 7) is 9.25. The molecule has 96 valence electrons. The summed E-state index contributed by atoms with van der Waals surface area (Å²) in [4.78, 5) is 16.0. The van der Waals surface area contributed by atoms with Gasteiger partial charge in [-0.3, -0.25) is 4.79 Å². The van der Waals surface area contributed by atoms with Crippen LogP contribution in [-0.4, -0.2) is 33.6 Å². The van der Waals surface area contributed by atoms with Crippen LogP contribution in [0.3, 0.4) is 0 Å². The van der Waals surface area contributed by atoms with Crippen molar-refractivity contribution in [2.45, 2.75) is 45.8 Å². The third-order valence-electron chi connectivity index (χ3n) is 2.61. The summed E-state index contributed by atoms with van der Waals surface area (Å²) in [5.74, 6) is 0.0203. The number of amides is 1. The lowest BCUT2D eigenvalue weighted by molar-refractivity contribution is -0.127. The molecule has 1 rings (SSSR count). The molecular formula is C12H22N4O. The van der Waals surface area contributed by atoms with E-state index in [9.17, 15) is 4.79 Å². The fraction of sp³-hybridized carbons (Fsp3) is 0.667. The van der Waals surface area contributed by atoms with Crippen molar-refractivity contribution in [3.63, 3.8) is 0 Å². The van der Waals surface area contributed by atoms with Crippen LogP contribution in [0.4, 0.5) is 0 Å². The lowest BCUT2D eigenvalue weighted by Crippen LogP contribution is -2.54. The Morgan fingerprint density at radius 2 is 2.24 bits per heavy atom. The molecule has 1 heterocycles. The Morgan fingerprint density at radius 1 is 1.53 bits per heavy atom. The standard InChI is InChI=1S/C12H22N4O/c1-5-14-12(3,4)11(17)15-10(2)8-16-7-6-13-9-16/h6-7,9-10,14H,5,8H2,1-4H3,(H,15,17). The summed E-state index contributed by atoms with van der Waals surface area (Å²) in [5.41, 5.74) is -0.530. The van der Waals surface area contributed by atoms with Crippen LogP contribution in [0, 0.1) is 0 Å². The molecule has 1 unspecified atom stereocenters. The predicted octanol–water partition coefficient (Wildman–Crippen LogP) is 0.776. The molecule has 0 aromatic carbocycles. The number of rotatable bonds is 6. The van der Waals surface area contributed by atoms with E-state index >= 15 is 0 Å². The van der Waals surface area contributed by atoms with E-state index < -0.39 is 5.54 Å². The first-order valence-corrected chi connectivity index (χ1v) is 5.97. The number of likely N-dealkylation sites (N-methyl/N-ethyl adjacent to an activating group) is 1. The van der Waals surface area contributed by atoms with E-state index in [1.165, 1.54) is 0 Å². The van der Waals surface area contributed by atoms with Crippen LogP contribution in [0.25, 0.3) is 0 Å². The van der Waals surface area contributed by atoms with Gasteiger partial charge in [0.25, 0.3) is 0 Å². The van der Waals surface area contributed by atoms with Crippen LogP contribution in [0.15, 0.2) is 18.7 Å². The van der Waals surface area contributed by atoms with E-state index in [1.807, 2.05) is 38.5 Å². The Balaban J connectivity index is 2.45. The lowest BCUT2D eigenvalue weighted by atomic mass is 10.0. The molecule has 0 radical (unpaired) electrons. The van der Waals surface area contributed by atoms with Crippen molar-refractivity contribution in [1.82, 2.24) is 20.2 Å². The first-order valence-electron chi connectivity index (χ1n) is 5.97. The van der Waals surface area contributed by atoms with Gasteiger partial charge >= 0.3 is 0 Å². The molecule has 0 aliphatic heterocycles. The van der Waals surface area contributed by atoms with Gasteiger partial charge in [0, 0.05) is 25.0 Å². The highest BCUT2D eigenvalue weighted by Crippen LogP contribution is 2.03. The molecule has 1 atom stereocenters. The summed E-state index contributed by atoms with van der Waals surface area (Å²) >= 11 is 0. The van der Waals surface area contributed by atoms with Crippen LogP contribution < -0.4 is 10.6 Å². The maximum atomic E-state index is 12.0. The smallest absolute Gasteiger partial charge is 0.239 e. The fourth-order valence-corrected chi connectivity index (χ4v) is 1.68. The number of carbonyl (C=O) groups excluding carboxylic acids is 1. The highest BCUT2D eigenvalue weighted by Gasteiger charge is 2.26. The molecule has 5 nitrogen and oxygen atoms in total. The first kappa shape index (κ1) is 13.7. The van der Waals surface area contributed by atoms with E-state index in [-0.39, 0.29) is 11.9 Å². The average molecular weight is 238 g/mol. The minimum absolute atomic E-state index is 0.0203. The Bertz CT molecular complexity index is 345.